The summed E-state index contributed by atoms with van der Waals surface area (Å²) in [6.07, 6.45) is 2.07. The molecule has 0 atom stereocenters. The molecule has 0 saturated carbocycles. The molecular formula is C13H17N5S2. The number of imidazole rings is 1. The molecule has 5 nitrogen and oxygen atoms in total. The van der Waals surface area contributed by atoms with E-state index in [2.05, 4.69) is 43.6 Å². The molecule has 106 valence electrons. The average Bonchev–Trinajstić information content (AvgIpc) is 3.08. The fourth-order valence-corrected chi connectivity index (χ4v) is 3.59. The third-order valence-electron chi connectivity index (χ3n) is 3.11. The molecule has 0 unspecified atom stereocenters. The Kier molecular flexibility index (Phi) is 3.73. The first-order chi connectivity index (χ1) is 9.69. The van der Waals surface area contributed by atoms with Crippen molar-refractivity contribution in [1.29, 1.82) is 0 Å². The molecule has 0 bridgehead atoms. The molecule has 0 aliphatic heterocycles. The third-order valence-corrected chi connectivity index (χ3v) is 4.69. The van der Waals surface area contributed by atoms with Crippen molar-refractivity contribution in [2.45, 2.75) is 20.0 Å². The molecule has 0 aliphatic carbocycles. The third kappa shape index (κ3) is 2.44. The molecule has 0 radical (unpaired) electrons. The van der Waals surface area contributed by atoms with Crippen LogP contribution in [-0.4, -0.2) is 28.5 Å². The van der Waals surface area contributed by atoms with Gasteiger partial charge in [0.2, 0.25) is 0 Å². The number of anilines is 1. The highest BCUT2D eigenvalue weighted by Crippen LogP contribution is 2.25. The zero-order valence-electron chi connectivity index (χ0n) is 11.8. The summed E-state index contributed by atoms with van der Waals surface area (Å²) in [4.78, 5) is 12.5. The van der Waals surface area contributed by atoms with Gasteiger partial charge in [-0.25, -0.2) is 9.97 Å². The first-order valence-corrected chi connectivity index (χ1v) is 8.16. The monoisotopic (exact) mass is 307 g/mol. The Morgan fingerprint density at radius 1 is 1.35 bits per heavy atom. The van der Waals surface area contributed by atoms with E-state index in [1.807, 2.05) is 14.0 Å². The van der Waals surface area contributed by atoms with Crippen LogP contribution in [0.5, 0.6) is 0 Å². The SMILES string of the molecule is CNCc1c(N(C)Cc2csc(C)n2)nc2sccn12. The quantitative estimate of drug-likeness (QED) is 0.787. The number of aryl methyl sites for hydroxylation is 1. The van der Waals surface area contributed by atoms with Crippen molar-refractivity contribution in [3.05, 3.63) is 33.4 Å². The van der Waals surface area contributed by atoms with Crippen LogP contribution in [0.1, 0.15) is 16.4 Å². The van der Waals surface area contributed by atoms with Crippen molar-refractivity contribution in [3.63, 3.8) is 0 Å². The number of nitrogens with one attached hydrogen (secondary N) is 1. The minimum absolute atomic E-state index is 0.784. The largest absolute Gasteiger partial charge is 0.352 e. The van der Waals surface area contributed by atoms with E-state index in [1.54, 1.807) is 22.7 Å². The van der Waals surface area contributed by atoms with Crippen LogP contribution < -0.4 is 10.2 Å². The highest BCUT2D eigenvalue weighted by molar-refractivity contribution is 7.15. The molecule has 3 heterocycles. The smallest absolute Gasteiger partial charge is 0.195 e. The van der Waals surface area contributed by atoms with Gasteiger partial charge in [0.05, 0.1) is 22.9 Å². The van der Waals surface area contributed by atoms with Gasteiger partial charge in [-0.05, 0) is 14.0 Å². The number of hydrogen-bond acceptors (Lipinski definition) is 6. The topological polar surface area (TPSA) is 45.5 Å². The lowest BCUT2D eigenvalue weighted by Crippen LogP contribution is -2.20. The predicted octanol–water partition coefficient (Wildman–Crippen LogP) is 2.52. The van der Waals surface area contributed by atoms with E-state index >= 15 is 0 Å². The molecule has 3 aromatic heterocycles. The second-order valence-corrected chi connectivity index (χ2v) is 6.62. The average molecular weight is 307 g/mol. The number of hydrogen-bond donors (Lipinski definition) is 1. The second-order valence-electron chi connectivity index (χ2n) is 4.68. The van der Waals surface area contributed by atoms with Gasteiger partial charge in [0.1, 0.15) is 0 Å². The van der Waals surface area contributed by atoms with Crippen molar-refractivity contribution in [2.75, 3.05) is 19.0 Å². The lowest BCUT2D eigenvalue weighted by molar-refractivity contribution is 0.770. The van der Waals surface area contributed by atoms with Gasteiger partial charge in [-0.1, -0.05) is 0 Å². The maximum atomic E-state index is 4.74. The van der Waals surface area contributed by atoms with Crippen LogP contribution in [0.2, 0.25) is 0 Å². The Labute approximate surface area is 125 Å². The summed E-state index contributed by atoms with van der Waals surface area (Å²) < 4.78 is 2.15. The number of aromatic nitrogens is 3. The van der Waals surface area contributed by atoms with Gasteiger partial charge in [0.15, 0.2) is 10.8 Å². The van der Waals surface area contributed by atoms with Gasteiger partial charge >= 0.3 is 0 Å². The molecule has 0 amide bonds. The van der Waals surface area contributed by atoms with Crippen LogP contribution in [0, 0.1) is 6.92 Å². The first-order valence-electron chi connectivity index (χ1n) is 6.40. The van der Waals surface area contributed by atoms with Gasteiger partial charge in [-0.3, -0.25) is 4.40 Å². The van der Waals surface area contributed by atoms with Crippen molar-refractivity contribution in [3.8, 4) is 0 Å². The molecule has 3 aromatic rings. The molecular weight excluding hydrogens is 290 g/mol. The lowest BCUT2D eigenvalue weighted by atomic mass is 10.3. The predicted molar refractivity (Wildman–Crippen MR) is 84.8 cm³/mol. The van der Waals surface area contributed by atoms with Crippen LogP contribution in [0.15, 0.2) is 17.0 Å². The molecule has 0 fully saturated rings. The minimum atomic E-state index is 0.784. The molecule has 0 aliphatic rings. The summed E-state index contributed by atoms with van der Waals surface area (Å²) in [5.41, 5.74) is 2.29. The normalized spacial score (nSPS) is 11.3. The number of thiazole rings is 2. The van der Waals surface area contributed by atoms with E-state index in [-0.39, 0.29) is 0 Å². The summed E-state index contributed by atoms with van der Waals surface area (Å²) in [5.74, 6) is 1.02. The Hall–Kier alpha value is -1.44. The zero-order chi connectivity index (χ0) is 14.1. The fourth-order valence-electron chi connectivity index (χ4n) is 2.26. The van der Waals surface area contributed by atoms with Gasteiger partial charge in [-0.15, -0.1) is 22.7 Å². The summed E-state index contributed by atoms with van der Waals surface area (Å²) in [6.45, 7) is 3.62. The number of rotatable bonds is 5. The van der Waals surface area contributed by atoms with E-state index in [1.165, 1.54) is 5.69 Å². The van der Waals surface area contributed by atoms with Crippen molar-refractivity contribution in [2.24, 2.45) is 0 Å². The lowest BCUT2D eigenvalue weighted by Gasteiger charge is -2.17. The summed E-state index contributed by atoms with van der Waals surface area (Å²) in [7, 11) is 4.03. The van der Waals surface area contributed by atoms with Crippen molar-refractivity contribution >= 4 is 33.5 Å². The van der Waals surface area contributed by atoms with Gasteiger partial charge < -0.3 is 10.2 Å². The molecule has 3 rings (SSSR count). The van der Waals surface area contributed by atoms with Gasteiger partial charge in [0.25, 0.3) is 0 Å². The Bertz CT molecular complexity index is 711. The van der Waals surface area contributed by atoms with Crippen LogP contribution in [-0.2, 0) is 13.1 Å². The minimum Gasteiger partial charge on any atom is -0.352 e. The van der Waals surface area contributed by atoms with Crippen molar-refractivity contribution < 1.29 is 0 Å². The maximum Gasteiger partial charge on any atom is 0.195 e. The molecule has 7 heteroatoms. The fraction of sp³-hybridized carbons (Fsp3) is 0.385. The molecule has 20 heavy (non-hydrogen) atoms. The number of nitrogens with zero attached hydrogens (tertiary/aromatic N) is 4. The Morgan fingerprint density at radius 2 is 2.20 bits per heavy atom. The second kappa shape index (κ2) is 5.51. The summed E-state index contributed by atoms with van der Waals surface area (Å²) >= 11 is 3.35. The van der Waals surface area contributed by atoms with Crippen LogP contribution in [0.25, 0.3) is 4.96 Å². The van der Waals surface area contributed by atoms with E-state index in [9.17, 15) is 0 Å². The highest BCUT2D eigenvalue weighted by atomic mass is 32.1. The van der Waals surface area contributed by atoms with Crippen LogP contribution >= 0.6 is 22.7 Å². The molecule has 0 aromatic carbocycles. The van der Waals surface area contributed by atoms with E-state index < -0.39 is 0 Å². The first kappa shape index (κ1) is 13.5. The molecule has 0 saturated heterocycles. The summed E-state index contributed by atoms with van der Waals surface area (Å²) in [5, 5.41) is 8.50. The summed E-state index contributed by atoms with van der Waals surface area (Å²) in [6, 6.07) is 0. The standard InChI is InChI=1S/C13H17N5S2/c1-9-15-10(8-20-9)7-17(3)12-11(6-14-2)18-4-5-19-13(18)16-12/h4-5,8,14H,6-7H2,1-3H3. The highest BCUT2D eigenvalue weighted by Gasteiger charge is 2.16. The van der Waals surface area contributed by atoms with Crippen LogP contribution in [0.4, 0.5) is 5.82 Å². The Morgan fingerprint density at radius 3 is 2.90 bits per heavy atom. The Balaban J connectivity index is 1.91. The maximum absolute atomic E-state index is 4.74. The van der Waals surface area contributed by atoms with Gasteiger partial charge in [0, 0.05) is 30.5 Å². The van der Waals surface area contributed by atoms with E-state index in [0.29, 0.717) is 0 Å². The van der Waals surface area contributed by atoms with Crippen molar-refractivity contribution in [1.82, 2.24) is 19.7 Å². The van der Waals surface area contributed by atoms with Crippen LogP contribution in [0.3, 0.4) is 0 Å². The number of fused-ring (bicyclic) bond motifs is 1. The van der Waals surface area contributed by atoms with Gasteiger partial charge in [-0.2, -0.15) is 0 Å². The van der Waals surface area contributed by atoms with E-state index in [0.717, 1.165) is 34.6 Å². The zero-order valence-corrected chi connectivity index (χ0v) is 13.4. The molecule has 0 spiro atoms. The molecule has 1 N–H and O–H groups in total. The van der Waals surface area contributed by atoms with E-state index in [4.69, 9.17) is 4.98 Å².